The third kappa shape index (κ3) is 4.05. The molecule has 2 rings (SSSR count). The van der Waals surface area contributed by atoms with Crippen LogP contribution in [0.1, 0.15) is 38.7 Å². The lowest BCUT2D eigenvalue weighted by Crippen LogP contribution is -2.23. The number of allylic oxidation sites excluding steroid dienone is 1. The van der Waals surface area contributed by atoms with Crippen LogP contribution in [-0.4, -0.2) is 4.92 Å². The average Bonchev–Trinajstić information content (AvgIpc) is 2.62. The molecule has 0 fully saturated rings. The summed E-state index contributed by atoms with van der Waals surface area (Å²) >= 11 is 0. The van der Waals surface area contributed by atoms with E-state index in [2.05, 4.69) is 20.4 Å². The summed E-state index contributed by atoms with van der Waals surface area (Å²) in [7, 11) is 0. The van der Waals surface area contributed by atoms with Crippen LogP contribution in [0.2, 0.25) is 0 Å². The molecule has 4 nitrogen and oxygen atoms in total. The largest absolute Gasteiger partial charge is 0.454 e. The van der Waals surface area contributed by atoms with E-state index in [9.17, 15) is 14.5 Å². The van der Waals surface area contributed by atoms with Gasteiger partial charge in [0, 0.05) is 6.07 Å². The molecule has 0 amide bonds. The van der Waals surface area contributed by atoms with Gasteiger partial charge in [-0.05, 0) is 48.4 Å². The number of hydrogen-bond acceptors (Lipinski definition) is 3. The topological polar surface area (TPSA) is 52.4 Å². The first kappa shape index (κ1) is 18.6. The summed E-state index contributed by atoms with van der Waals surface area (Å²) in [5.74, 6) is -0.320. The van der Waals surface area contributed by atoms with Crippen LogP contribution in [-0.2, 0) is 5.41 Å². The first-order chi connectivity index (χ1) is 12.0. The van der Waals surface area contributed by atoms with Crippen molar-refractivity contribution in [3.8, 4) is 11.5 Å². The molecule has 0 aliphatic rings. The second kappa shape index (κ2) is 7.92. The van der Waals surface area contributed by atoms with E-state index in [1.165, 1.54) is 17.7 Å². The number of nitrogens with zero attached hydrogens (tertiary/aromatic N) is 1. The van der Waals surface area contributed by atoms with Crippen molar-refractivity contribution in [1.82, 2.24) is 0 Å². The Hall–Kier alpha value is -2.69. The predicted molar refractivity (Wildman–Crippen MR) is 96.6 cm³/mol. The Morgan fingerprint density at radius 1 is 1.20 bits per heavy atom. The van der Waals surface area contributed by atoms with Gasteiger partial charge in [-0.2, -0.15) is 0 Å². The van der Waals surface area contributed by atoms with Crippen molar-refractivity contribution in [2.24, 2.45) is 0 Å². The minimum Gasteiger partial charge on any atom is -0.454 e. The fourth-order valence-electron chi connectivity index (χ4n) is 3.03. The number of hydrogen-bond donors (Lipinski definition) is 0. The highest BCUT2D eigenvalue weighted by atomic mass is 19.1. The van der Waals surface area contributed by atoms with Gasteiger partial charge in [0.1, 0.15) is 5.75 Å². The monoisotopic (exact) mass is 343 g/mol. The maximum atomic E-state index is 13.9. The van der Waals surface area contributed by atoms with Gasteiger partial charge in [-0.25, -0.2) is 4.39 Å². The van der Waals surface area contributed by atoms with Gasteiger partial charge in [0.25, 0.3) is 5.69 Å². The molecule has 0 bridgehead atoms. The Labute approximate surface area is 147 Å². The second-order valence-electron chi connectivity index (χ2n) is 5.98. The Morgan fingerprint density at radius 2 is 1.84 bits per heavy atom. The molecule has 0 N–H and O–H groups in total. The first-order valence-electron chi connectivity index (χ1n) is 8.29. The molecule has 0 aliphatic heterocycles. The van der Waals surface area contributed by atoms with Crippen LogP contribution < -0.4 is 4.74 Å². The lowest BCUT2D eigenvalue weighted by molar-refractivity contribution is -0.385. The third-order valence-electron chi connectivity index (χ3n) is 4.71. The summed E-state index contributed by atoms with van der Waals surface area (Å²) in [6, 6.07) is 10.9. The Kier molecular flexibility index (Phi) is 5.91. The van der Waals surface area contributed by atoms with Gasteiger partial charge in [-0.3, -0.25) is 10.1 Å². The van der Waals surface area contributed by atoms with Gasteiger partial charge in [-0.15, -0.1) is 6.58 Å². The molecule has 132 valence electrons. The zero-order valence-electron chi connectivity index (χ0n) is 14.5. The highest BCUT2D eigenvalue weighted by molar-refractivity contribution is 5.41. The van der Waals surface area contributed by atoms with E-state index in [-0.39, 0.29) is 16.9 Å². The highest BCUT2D eigenvalue weighted by Gasteiger charge is 2.26. The molecular weight excluding hydrogens is 321 g/mol. The Bertz CT molecular complexity index is 752. The van der Waals surface area contributed by atoms with Crippen LogP contribution in [0.4, 0.5) is 10.1 Å². The van der Waals surface area contributed by atoms with Crippen LogP contribution in [0.15, 0.2) is 55.1 Å². The molecule has 0 aliphatic carbocycles. The van der Waals surface area contributed by atoms with Crippen LogP contribution in [0.5, 0.6) is 11.5 Å². The molecule has 0 saturated carbocycles. The molecule has 0 aromatic heterocycles. The summed E-state index contributed by atoms with van der Waals surface area (Å²) in [4.78, 5) is 10.0. The molecule has 0 radical (unpaired) electrons. The van der Waals surface area contributed by atoms with Gasteiger partial charge in [0.15, 0.2) is 11.6 Å². The van der Waals surface area contributed by atoms with Crippen molar-refractivity contribution in [3.63, 3.8) is 0 Å². The minimum absolute atomic E-state index is 0.0401. The quantitative estimate of drug-likeness (QED) is 0.328. The standard InChI is InChI=1S/C20H22FNO3/c1-4-13-20(5-2,6-3)15-7-10-17(11-8-15)25-19-12-9-16(22(23)24)14-18(19)21/h4,7-12,14H,1,5-6,13H2,2-3H3. The van der Waals surface area contributed by atoms with Crippen LogP contribution in [0, 0.1) is 15.9 Å². The number of nitro groups is 1. The first-order valence-corrected chi connectivity index (χ1v) is 8.29. The summed E-state index contributed by atoms with van der Waals surface area (Å²) < 4.78 is 19.5. The Balaban J connectivity index is 2.23. The molecule has 0 atom stereocenters. The molecule has 25 heavy (non-hydrogen) atoms. The Morgan fingerprint density at radius 3 is 2.32 bits per heavy atom. The summed E-state index contributed by atoms with van der Waals surface area (Å²) in [6.45, 7) is 8.17. The van der Waals surface area contributed by atoms with E-state index in [0.29, 0.717) is 5.75 Å². The molecule has 0 saturated heterocycles. The number of rotatable bonds is 8. The van der Waals surface area contributed by atoms with Crippen molar-refractivity contribution in [2.45, 2.75) is 38.5 Å². The maximum absolute atomic E-state index is 13.9. The lowest BCUT2D eigenvalue weighted by Gasteiger charge is -2.31. The molecule has 2 aromatic rings. The summed E-state index contributed by atoms with van der Waals surface area (Å²) in [6.07, 6.45) is 4.81. The molecule has 5 heteroatoms. The van der Waals surface area contributed by atoms with Crippen molar-refractivity contribution in [3.05, 3.63) is 76.6 Å². The van der Waals surface area contributed by atoms with Crippen molar-refractivity contribution in [2.75, 3.05) is 0 Å². The number of nitro benzene ring substituents is 1. The molecule has 0 unspecified atom stereocenters. The molecule has 2 aromatic carbocycles. The SMILES string of the molecule is C=CCC(CC)(CC)c1ccc(Oc2ccc([N+](=O)[O-])cc2F)cc1. The lowest BCUT2D eigenvalue weighted by atomic mass is 9.73. The zero-order valence-corrected chi connectivity index (χ0v) is 14.5. The van der Waals surface area contributed by atoms with Crippen LogP contribution in [0.3, 0.4) is 0 Å². The van der Waals surface area contributed by atoms with Crippen LogP contribution in [0.25, 0.3) is 0 Å². The predicted octanol–water partition coefficient (Wildman–Crippen LogP) is 6.16. The van der Waals surface area contributed by atoms with Crippen molar-refractivity contribution < 1.29 is 14.1 Å². The molecule has 0 heterocycles. The maximum Gasteiger partial charge on any atom is 0.272 e. The zero-order chi connectivity index (χ0) is 18.4. The number of non-ortho nitro benzene ring substituents is 1. The van der Waals surface area contributed by atoms with E-state index in [1.807, 2.05) is 18.2 Å². The second-order valence-corrected chi connectivity index (χ2v) is 5.98. The van der Waals surface area contributed by atoms with Crippen molar-refractivity contribution >= 4 is 5.69 Å². The fourth-order valence-corrected chi connectivity index (χ4v) is 3.03. The normalized spacial score (nSPS) is 11.2. The van der Waals surface area contributed by atoms with Gasteiger partial charge >= 0.3 is 0 Å². The van der Waals surface area contributed by atoms with E-state index in [0.717, 1.165) is 25.3 Å². The van der Waals surface area contributed by atoms with Crippen LogP contribution >= 0.6 is 0 Å². The highest BCUT2D eigenvalue weighted by Crippen LogP contribution is 2.37. The van der Waals surface area contributed by atoms with E-state index < -0.39 is 10.7 Å². The fraction of sp³-hybridized carbons (Fsp3) is 0.300. The van der Waals surface area contributed by atoms with Gasteiger partial charge in [0.05, 0.1) is 11.0 Å². The van der Waals surface area contributed by atoms with Crippen molar-refractivity contribution in [1.29, 1.82) is 0 Å². The van der Waals surface area contributed by atoms with E-state index >= 15 is 0 Å². The number of ether oxygens (including phenoxy) is 1. The number of halogens is 1. The minimum atomic E-state index is -0.763. The van der Waals surface area contributed by atoms with Gasteiger partial charge in [0.2, 0.25) is 0 Å². The van der Waals surface area contributed by atoms with Gasteiger partial charge in [-0.1, -0.05) is 32.1 Å². The molecule has 0 spiro atoms. The summed E-state index contributed by atoms with van der Waals surface area (Å²) in [5.41, 5.74) is 0.924. The summed E-state index contributed by atoms with van der Waals surface area (Å²) in [5, 5.41) is 10.7. The molecular formula is C20H22FNO3. The van der Waals surface area contributed by atoms with E-state index in [4.69, 9.17) is 4.74 Å². The van der Waals surface area contributed by atoms with E-state index in [1.54, 1.807) is 12.1 Å². The van der Waals surface area contributed by atoms with Gasteiger partial charge < -0.3 is 4.74 Å². The average molecular weight is 343 g/mol. The third-order valence-corrected chi connectivity index (χ3v) is 4.71. The smallest absolute Gasteiger partial charge is 0.272 e. The number of benzene rings is 2.